The summed E-state index contributed by atoms with van der Waals surface area (Å²) in [5.41, 5.74) is 0.605. The van der Waals surface area contributed by atoms with Crippen LogP contribution in [0.1, 0.15) is 11.7 Å². The van der Waals surface area contributed by atoms with Gasteiger partial charge < -0.3 is 38.4 Å². The highest BCUT2D eigenvalue weighted by atomic mass is 16.6. The van der Waals surface area contributed by atoms with Crippen LogP contribution in [0.2, 0.25) is 0 Å². The Bertz CT molecular complexity index is 1330. The summed E-state index contributed by atoms with van der Waals surface area (Å²) in [7, 11) is 8.50. The summed E-state index contributed by atoms with van der Waals surface area (Å²) in [5.74, 6) is 4.22. The summed E-state index contributed by atoms with van der Waals surface area (Å²) in [6.45, 7) is -0.0771. The number of methoxy groups -OCH3 is 3. The topological polar surface area (TPSA) is 105 Å². The van der Waals surface area contributed by atoms with Crippen LogP contribution in [-0.4, -0.2) is 69.3 Å². The molecule has 0 aliphatic rings. The average Bonchev–Trinajstić information content (AvgIpc) is 3.02. The van der Waals surface area contributed by atoms with E-state index in [1.807, 2.05) is 14.1 Å². The van der Waals surface area contributed by atoms with Crippen molar-refractivity contribution < 1.29 is 33.5 Å². The van der Waals surface area contributed by atoms with E-state index in [9.17, 15) is 5.11 Å². The van der Waals surface area contributed by atoms with Gasteiger partial charge in [-0.1, -0.05) is 0 Å². The molecule has 0 bridgehead atoms. The number of aliphatic hydroxyl groups excluding tert-OH is 1. The van der Waals surface area contributed by atoms with Crippen molar-refractivity contribution in [3.63, 3.8) is 0 Å². The zero-order valence-electron chi connectivity index (χ0n) is 23.8. The molecule has 0 unspecified atom stereocenters. The largest absolute Gasteiger partial charge is 0.497 e. The number of aliphatic hydroxyl groups is 1. The molecule has 216 valence electrons. The smallest absolute Gasteiger partial charge is 0.224 e. The van der Waals surface area contributed by atoms with Gasteiger partial charge in [-0.25, -0.2) is 9.97 Å². The Morgan fingerprint density at radius 2 is 1.05 bits per heavy atom. The Morgan fingerprint density at radius 3 is 1.49 bits per heavy atom. The van der Waals surface area contributed by atoms with Gasteiger partial charge in [0.15, 0.2) is 12.2 Å². The highest BCUT2D eigenvalue weighted by Gasteiger charge is 2.35. The van der Waals surface area contributed by atoms with Gasteiger partial charge in [0.25, 0.3) is 0 Å². The van der Waals surface area contributed by atoms with Gasteiger partial charge in [0.2, 0.25) is 5.95 Å². The van der Waals surface area contributed by atoms with Gasteiger partial charge in [-0.05, 0) is 72.8 Å². The van der Waals surface area contributed by atoms with E-state index >= 15 is 0 Å². The molecule has 10 nitrogen and oxygen atoms in total. The van der Waals surface area contributed by atoms with Crippen LogP contribution in [0.25, 0.3) is 0 Å². The molecule has 0 saturated carbocycles. The lowest BCUT2D eigenvalue weighted by atomic mass is 10.0. The normalized spacial score (nSPS) is 12.9. The van der Waals surface area contributed by atoms with E-state index in [0.717, 1.165) is 0 Å². The van der Waals surface area contributed by atoms with Crippen molar-refractivity contribution in [2.24, 2.45) is 0 Å². The number of benzene rings is 3. The molecule has 0 saturated heterocycles. The lowest BCUT2D eigenvalue weighted by Crippen LogP contribution is -2.43. The van der Waals surface area contributed by atoms with Crippen LogP contribution in [-0.2, 0) is 0 Å². The zero-order valence-corrected chi connectivity index (χ0v) is 23.8. The van der Waals surface area contributed by atoms with E-state index in [0.29, 0.717) is 46.0 Å². The predicted molar refractivity (Wildman–Crippen MR) is 155 cm³/mol. The molecule has 0 spiro atoms. The molecule has 3 atom stereocenters. The summed E-state index contributed by atoms with van der Waals surface area (Å²) in [4.78, 5) is 10.7. The molecule has 4 aromatic rings. The molecule has 0 fully saturated rings. The van der Waals surface area contributed by atoms with Gasteiger partial charge in [0, 0.05) is 32.1 Å². The predicted octanol–water partition coefficient (Wildman–Crippen LogP) is 4.58. The highest BCUT2D eigenvalue weighted by Crippen LogP contribution is 2.31. The van der Waals surface area contributed by atoms with E-state index in [1.54, 1.807) is 111 Å². The van der Waals surface area contributed by atoms with Crippen LogP contribution in [0.15, 0.2) is 85.2 Å². The number of hydrogen-bond donors (Lipinski definition) is 1. The lowest BCUT2D eigenvalue weighted by molar-refractivity contribution is -0.0515. The summed E-state index contributed by atoms with van der Waals surface area (Å²) < 4.78 is 34.6. The monoisotopic (exact) mass is 561 g/mol. The first-order chi connectivity index (χ1) is 19.9. The maximum Gasteiger partial charge on any atom is 0.224 e. The molecule has 0 amide bonds. The molecule has 41 heavy (non-hydrogen) atoms. The summed E-state index contributed by atoms with van der Waals surface area (Å²) in [6, 6.07) is 21.3. The Kier molecular flexibility index (Phi) is 10.1. The maximum atomic E-state index is 11.5. The number of nitrogens with zero attached hydrogens (tertiary/aromatic N) is 3. The fourth-order valence-electron chi connectivity index (χ4n) is 3.94. The van der Waals surface area contributed by atoms with E-state index < -0.39 is 18.3 Å². The van der Waals surface area contributed by atoms with Gasteiger partial charge in [-0.15, -0.1) is 0 Å². The maximum absolute atomic E-state index is 11.5. The van der Waals surface area contributed by atoms with Crippen molar-refractivity contribution in [2.75, 3.05) is 46.9 Å². The molecule has 4 rings (SSSR count). The average molecular weight is 562 g/mol. The quantitative estimate of drug-likeness (QED) is 0.235. The molecule has 0 radical (unpaired) electrons. The minimum Gasteiger partial charge on any atom is -0.497 e. The molecule has 0 aliphatic carbocycles. The van der Waals surface area contributed by atoms with Crippen molar-refractivity contribution in [2.45, 2.75) is 18.3 Å². The molecular weight excluding hydrogens is 526 g/mol. The van der Waals surface area contributed by atoms with Gasteiger partial charge in [-0.3, -0.25) is 0 Å². The first-order valence-electron chi connectivity index (χ1n) is 13.0. The number of aromatic nitrogens is 2. The fraction of sp³-hybridized carbons (Fsp3) is 0.290. The standard InChI is InChI=1S/C31H35N3O7/c1-34(2)31-32-18-21(19-33-31)29(40-26-14-8-23(37-4)9-15-26)30(41-27-16-10-24(38-5)11-17-27)28(35)20-39-25-12-6-22(36-3)7-13-25/h6-19,28-30,35H,20H2,1-5H3/t28-,29-,30-/m1/s1. The Morgan fingerprint density at radius 1 is 0.634 bits per heavy atom. The van der Waals surface area contributed by atoms with Gasteiger partial charge in [0.1, 0.15) is 47.2 Å². The Balaban J connectivity index is 1.67. The van der Waals surface area contributed by atoms with E-state index in [4.69, 9.17) is 28.4 Å². The van der Waals surface area contributed by atoms with E-state index in [-0.39, 0.29) is 6.61 Å². The van der Waals surface area contributed by atoms with Crippen LogP contribution in [0.4, 0.5) is 5.95 Å². The van der Waals surface area contributed by atoms with Crippen LogP contribution < -0.4 is 33.3 Å². The van der Waals surface area contributed by atoms with Crippen molar-refractivity contribution >= 4 is 5.95 Å². The Hall–Kier alpha value is -4.70. The van der Waals surface area contributed by atoms with E-state index in [2.05, 4.69) is 9.97 Å². The number of ether oxygens (including phenoxy) is 6. The molecule has 1 heterocycles. The zero-order chi connectivity index (χ0) is 29.2. The second kappa shape index (κ2) is 14.1. The van der Waals surface area contributed by atoms with Crippen LogP contribution in [0, 0.1) is 0 Å². The van der Waals surface area contributed by atoms with Crippen molar-refractivity contribution in [3.05, 3.63) is 90.8 Å². The summed E-state index contributed by atoms with van der Waals surface area (Å²) in [6.07, 6.45) is 0.445. The lowest BCUT2D eigenvalue weighted by Gasteiger charge is -2.32. The van der Waals surface area contributed by atoms with Gasteiger partial charge in [-0.2, -0.15) is 0 Å². The molecule has 3 aromatic carbocycles. The summed E-state index contributed by atoms with van der Waals surface area (Å²) >= 11 is 0. The van der Waals surface area contributed by atoms with Crippen LogP contribution in [0.3, 0.4) is 0 Å². The third-order valence-electron chi connectivity index (χ3n) is 6.20. The van der Waals surface area contributed by atoms with Gasteiger partial charge in [0.05, 0.1) is 21.3 Å². The Labute approximate surface area is 240 Å². The minimum absolute atomic E-state index is 0.0771. The third-order valence-corrected chi connectivity index (χ3v) is 6.20. The van der Waals surface area contributed by atoms with Crippen LogP contribution >= 0.6 is 0 Å². The van der Waals surface area contributed by atoms with Crippen molar-refractivity contribution in [1.29, 1.82) is 0 Å². The first kappa shape index (κ1) is 29.3. The SMILES string of the molecule is COc1ccc(OC[C@@H](O)[C@@H](Oc2ccc(OC)cc2)[C@H](Oc2ccc(OC)cc2)c2cnc(N(C)C)nc2)cc1. The van der Waals surface area contributed by atoms with E-state index in [1.165, 1.54) is 0 Å². The second-order valence-electron chi connectivity index (χ2n) is 9.24. The molecule has 1 N–H and O–H groups in total. The molecule has 1 aromatic heterocycles. The summed E-state index contributed by atoms with van der Waals surface area (Å²) in [5, 5.41) is 11.5. The number of hydrogen-bond acceptors (Lipinski definition) is 10. The number of anilines is 1. The van der Waals surface area contributed by atoms with Crippen molar-refractivity contribution in [1.82, 2.24) is 9.97 Å². The fourth-order valence-corrected chi connectivity index (χ4v) is 3.94. The highest BCUT2D eigenvalue weighted by molar-refractivity contribution is 5.35. The second-order valence-corrected chi connectivity index (χ2v) is 9.24. The molecular formula is C31H35N3O7. The van der Waals surface area contributed by atoms with Crippen molar-refractivity contribution in [3.8, 4) is 34.5 Å². The van der Waals surface area contributed by atoms with Crippen LogP contribution in [0.5, 0.6) is 34.5 Å². The first-order valence-corrected chi connectivity index (χ1v) is 13.0. The molecule has 0 aliphatic heterocycles. The van der Waals surface area contributed by atoms with Gasteiger partial charge >= 0.3 is 0 Å². The third kappa shape index (κ3) is 7.92. The minimum atomic E-state index is -1.13. The number of rotatable bonds is 14. The molecule has 10 heteroatoms.